The van der Waals surface area contributed by atoms with Crippen LogP contribution in [0.4, 0.5) is 5.69 Å². The standard InChI is InChI=1S/C13H19BrN2O2S/c1-2-16(10-5-3-4-6-10)19(17,18)11-7-8-13(15)12(14)9-11/h7-10H,2-6,15H2,1H3. The van der Waals surface area contributed by atoms with Gasteiger partial charge in [0, 0.05) is 22.7 Å². The fourth-order valence-electron chi connectivity index (χ4n) is 2.62. The summed E-state index contributed by atoms with van der Waals surface area (Å²) >= 11 is 3.29. The first-order valence-electron chi connectivity index (χ1n) is 6.53. The molecular weight excluding hydrogens is 328 g/mol. The minimum Gasteiger partial charge on any atom is -0.398 e. The molecule has 19 heavy (non-hydrogen) atoms. The number of halogens is 1. The zero-order chi connectivity index (χ0) is 14.0. The molecule has 0 aromatic heterocycles. The topological polar surface area (TPSA) is 63.4 Å². The van der Waals surface area contributed by atoms with Gasteiger partial charge in [0.25, 0.3) is 0 Å². The van der Waals surface area contributed by atoms with Gasteiger partial charge in [0.1, 0.15) is 0 Å². The lowest BCUT2D eigenvalue weighted by atomic mass is 10.2. The van der Waals surface area contributed by atoms with Gasteiger partial charge >= 0.3 is 0 Å². The Kier molecular flexibility index (Phi) is 4.53. The average Bonchev–Trinajstić information content (AvgIpc) is 2.86. The molecule has 2 rings (SSSR count). The van der Waals surface area contributed by atoms with Gasteiger partial charge in [0.2, 0.25) is 10.0 Å². The van der Waals surface area contributed by atoms with E-state index < -0.39 is 10.0 Å². The summed E-state index contributed by atoms with van der Waals surface area (Å²) in [5.41, 5.74) is 6.25. The molecule has 0 aliphatic heterocycles. The van der Waals surface area contributed by atoms with Gasteiger partial charge in [-0.3, -0.25) is 0 Å². The van der Waals surface area contributed by atoms with Crippen molar-refractivity contribution in [3.05, 3.63) is 22.7 Å². The van der Waals surface area contributed by atoms with Gasteiger partial charge in [-0.1, -0.05) is 19.8 Å². The number of nitrogen functional groups attached to an aromatic ring is 1. The van der Waals surface area contributed by atoms with Gasteiger partial charge < -0.3 is 5.73 Å². The minimum absolute atomic E-state index is 0.145. The van der Waals surface area contributed by atoms with Gasteiger partial charge in [-0.15, -0.1) is 0 Å². The highest BCUT2D eigenvalue weighted by molar-refractivity contribution is 9.10. The summed E-state index contributed by atoms with van der Waals surface area (Å²) in [6.45, 7) is 2.40. The van der Waals surface area contributed by atoms with Crippen molar-refractivity contribution in [3.63, 3.8) is 0 Å². The van der Waals surface area contributed by atoms with Crippen LogP contribution in [0.5, 0.6) is 0 Å². The molecule has 6 heteroatoms. The molecule has 1 fully saturated rings. The van der Waals surface area contributed by atoms with Crippen LogP contribution in [0.15, 0.2) is 27.6 Å². The van der Waals surface area contributed by atoms with Crippen LogP contribution in [0.3, 0.4) is 0 Å². The summed E-state index contributed by atoms with van der Waals surface area (Å²) in [5.74, 6) is 0. The first-order valence-corrected chi connectivity index (χ1v) is 8.77. The molecule has 1 aliphatic rings. The van der Waals surface area contributed by atoms with Gasteiger partial charge in [-0.25, -0.2) is 8.42 Å². The Labute approximate surface area is 123 Å². The molecule has 1 saturated carbocycles. The molecule has 4 nitrogen and oxygen atoms in total. The van der Waals surface area contributed by atoms with Crippen LogP contribution in [0.2, 0.25) is 0 Å². The highest BCUT2D eigenvalue weighted by Crippen LogP contribution is 2.30. The van der Waals surface area contributed by atoms with E-state index in [4.69, 9.17) is 5.73 Å². The highest BCUT2D eigenvalue weighted by Gasteiger charge is 2.32. The molecule has 0 radical (unpaired) electrons. The molecule has 0 amide bonds. The van der Waals surface area contributed by atoms with Gasteiger partial charge in [-0.05, 0) is 47.0 Å². The summed E-state index contributed by atoms with van der Waals surface area (Å²) in [6, 6.07) is 4.93. The van der Waals surface area contributed by atoms with Crippen molar-refractivity contribution in [1.29, 1.82) is 0 Å². The molecule has 1 aliphatic carbocycles. The fourth-order valence-corrected chi connectivity index (χ4v) is 4.87. The van der Waals surface area contributed by atoms with E-state index in [9.17, 15) is 8.42 Å². The van der Waals surface area contributed by atoms with Crippen LogP contribution in [0, 0.1) is 0 Å². The number of anilines is 1. The number of hydrogen-bond acceptors (Lipinski definition) is 3. The SMILES string of the molecule is CCN(C1CCCC1)S(=O)(=O)c1ccc(N)c(Br)c1. The Bertz CT molecular complexity index is 554. The van der Waals surface area contributed by atoms with E-state index in [-0.39, 0.29) is 6.04 Å². The Morgan fingerprint density at radius 1 is 1.37 bits per heavy atom. The number of benzene rings is 1. The van der Waals surface area contributed by atoms with Crippen molar-refractivity contribution in [3.8, 4) is 0 Å². The van der Waals surface area contributed by atoms with E-state index in [0.717, 1.165) is 25.7 Å². The van der Waals surface area contributed by atoms with E-state index in [1.165, 1.54) is 0 Å². The van der Waals surface area contributed by atoms with Crippen LogP contribution in [-0.2, 0) is 10.0 Å². The molecule has 0 spiro atoms. The second kappa shape index (κ2) is 5.81. The van der Waals surface area contributed by atoms with E-state index in [0.29, 0.717) is 21.6 Å². The van der Waals surface area contributed by atoms with Crippen molar-refractivity contribution in [1.82, 2.24) is 4.31 Å². The Morgan fingerprint density at radius 3 is 2.53 bits per heavy atom. The Hall–Kier alpha value is -0.590. The lowest BCUT2D eigenvalue weighted by molar-refractivity contribution is 0.335. The molecule has 0 heterocycles. The first-order chi connectivity index (χ1) is 8.96. The number of rotatable bonds is 4. The monoisotopic (exact) mass is 346 g/mol. The number of sulfonamides is 1. The predicted octanol–water partition coefficient (Wildman–Crippen LogP) is 2.98. The molecular formula is C13H19BrN2O2S. The molecule has 1 aromatic carbocycles. The Balaban J connectivity index is 2.36. The highest BCUT2D eigenvalue weighted by atomic mass is 79.9. The maximum atomic E-state index is 12.7. The van der Waals surface area contributed by atoms with E-state index >= 15 is 0 Å². The number of nitrogens with zero attached hydrogens (tertiary/aromatic N) is 1. The number of hydrogen-bond donors (Lipinski definition) is 1. The van der Waals surface area contributed by atoms with Crippen molar-refractivity contribution in [2.75, 3.05) is 12.3 Å². The zero-order valence-corrected chi connectivity index (χ0v) is 13.4. The van der Waals surface area contributed by atoms with Crippen molar-refractivity contribution < 1.29 is 8.42 Å². The minimum atomic E-state index is -3.43. The third-order valence-electron chi connectivity index (χ3n) is 3.62. The quantitative estimate of drug-likeness (QED) is 0.852. The van der Waals surface area contributed by atoms with Gasteiger partial charge in [0.05, 0.1) is 4.90 Å². The van der Waals surface area contributed by atoms with E-state index in [1.807, 2.05) is 6.92 Å². The largest absolute Gasteiger partial charge is 0.398 e. The summed E-state index contributed by atoms with van der Waals surface area (Å²) in [5, 5.41) is 0. The van der Waals surface area contributed by atoms with Crippen LogP contribution in [0.1, 0.15) is 32.6 Å². The van der Waals surface area contributed by atoms with Crippen molar-refractivity contribution in [2.45, 2.75) is 43.5 Å². The van der Waals surface area contributed by atoms with Crippen molar-refractivity contribution in [2.24, 2.45) is 0 Å². The maximum Gasteiger partial charge on any atom is 0.243 e. The van der Waals surface area contributed by atoms with Gasteiger partial charge in [-0.2, -0.15) is 4.31 Å². The summed E-state index contributed by atoms with van der Waals surface area (Å²) in [6.07, 6.45) is 4.15. The van der Waals surface area contributed by atoms with Crippen molar-refractivity contribution >= 4 is 31.6 Å². The third kappa shape index (κ3) is 2.95. The maximum absolute atomic E-state index is 12.7. The Morgan fingerprint density at radius 2 is 2.00 bits per heavy atom. The molecule has 0 bridgehead atoms. The van der Waals surface area contributed by atoms with Gasteiger partial charge in [0.15, 0.2) is 0 Å². The summed E-state index contributed by atoms with van der Waals surface area (Å²) in [7, 11) is -3.43. The third-order valence-corrected chi connectivity index (χ3v) is 6.33. The number of nitrogens with two attached hydrogens (primary N) is 1. The smallest absolute Gasteiger partial charge is 0.243 e. The summed E-state index contributed by atoms with van der Waals surface area (Å²) < 4.78 is 27.6. The normalized spacial score (nSPS) is 17.2. The fraction of sp³-hybridized carbons (Fsp3) is 0.538. The van der Waals surface area contributed by atoms with E-state index in [1.54, 1.807) is 22.5 Å². The molecule has 0 atom stereocenters. The molecule has 1 aromatic rings. The van der Waals surface area contributed by atoms with Crippen LogP contribution >= 0.6 is 15.9 Å². The predicted molar refractivity (Wildman–Crippen MR) is 80.4 cm³/mol. The first kappa shape index (κ1) is 14.8. The van der Waals surface area contributed by atoms with Crippen LogP contribution in [-0.4, -0.2) is 25.3 Å². The molecule has 106 valence electrons. The second-order valence-electron chi connectivity index (χ2n) is 4.83. The lowest BCUT2D eigenvalue weighted by Crippen LogP contribution is -2.38. The second-order valence-corrected chi connectivity index (χ2v) is 7.57. The molecule has 0 saturated heterocycles. The summed E-state index contributed by atoms with van der Waals surface area (Å²) in [4.78, 5) is 0.308. The average molecular weight is 347 g/mol. The molecule has 2 N–H and O–H groups in total. The molecule has 0 unspecified atom stereocenters. The van der Waals surface area contributed by atoms with Crippen LogP contribution in [0.25, 0.3) is 0 Å². The zero-order valence-electron chi connectivity index (χ0n) is 11.0. The van der Waals surface area contributed by atoms with Crippen LogP contribution < -0.4 is 5.73 Å². The van der Waals surface area contributed by atoms with E-state index in [2.05, 4.69) is 15.9 Å². The lowest BCUT2D eigenvalue weighted by Gasteiger charge is -2.26.